The van der Waals surface area contributed by atoms with Gasteiger partial charge in [0.1, 0.15) is 18.3 Å². The molecule has 2 aliphatic heterocycles. The highest BCUT2D eigenvalue weighted by atomic mass is 16.6. The first-order chi connectivity index (χ1) is 8.74. The molecule has 0 radical (unpaired) electrons. The predicted octanol–water partition coefficient (Wildman–Crippen LogP) is -0.450. The fraction of sp³-hybridized carbons (Fsp3) is 1.00. The topological polar surface area (TPSA) is 78.8 Å². The van der Waals surface area contributed by atoms with Crippen molar-refractivity contribution in [3.8, 4) is 0 Å². The largest absolute Gasteiger partial charge is 0.377 e. The highest BCUT2D eigenvalue weighted by molar-refractivity contribution is 4.70. The van der Waals surface area contributed by atoms with Gasteiger partial charge in [0.25, 0.3) is 0 Å². The molecular weight excluding hydrogens is 238 g/mol. The van der Waals surface area contributed by atoms with Crippen molar-refractivity contribution in [1.29, 1.82) is 0 Å². The van der Waals surface area contributed by atoms with E-state index in [2.05, 4.69) is 0 Å². The number of hydrogen-bond acceptors (Lipinski definition) is 6. The monoisotopic (exact) mass is 261 g/mol. The lowest BCUT2D eigenvalue weighted by molar-refractivity contribution is -0.0657. The van der Waals surface area contributed by atoms with E-state index in [0.717, 1.165) is 13.2 Å². The Bertz CT molecular complexity index is 223. The molecule has 2 fully saturated rings. The first-order valence-electron chi connectivity index (χ1n) is 6.50. The molecule has 4 atom stereocenters. The Morgan fingerprint density at radius 1 is 1.06 bits per heavy atom. The smallest absolute Gasteiger partial charge is 0.104 e. The Hall–Kier alpha value is -0.240. The Balaban J connectivity index is 1.55. The average molecular weight is 261 g/mol. The van der Waals surface area contributed by atoms with Crippen molar-refractivity contribution in [3.63, 3.8) is 0 Å². The summed E-state index contributed by atoms with van der Waals surface area (Å²) in [7, 11) is 0. The van der Waals surface area contributed by atoms with Gasteiger partial charge in [-0.1, -0.05) is 0 Å². The van der Waals surface area contributed by atoms with Gasteiger partial charge in [0.15, 0.2) is 0 Å². The zero-order chi connectivity index (χ0) is 12.8. The van der Waals surface area contributed by atoms with E-state index < -0.39 is 0 Å². The molecule has 2 N–H and O–H groups in total. The van der Waals surface area contributed by atoms with E-state index in [9.17, 15) is 0 Å². The minimum atomic E-state index is -0.0632. The summed E-state index contributed by atoms with van der Waals surface area (Å²) < 4.78 is 26.9. The van der Waals surface area contributed by atoms with Gasteiger partial charge in [-0.2, -0.15) is 0 Å². The third-order valence-electron chi connectivity index (χ3n) is 2.61. The molecule has 0 bridgehead atoms. The summed E-state index contributed by atoms with van der Waals surface area (Å²) in [5, 5.41) is 0. The normalized spacial score (nSPS) is 29.0. The third kappa shape index (κ3) is 6.63. The Labute approximate surface area is 108 Å². The summed E-state index contributed by atoms with van der Waals surface area (Å²) in [5.41, 5.74) is 5.63. The second kappa shape index (κ2) is 7.37. The maximum Gasteiger partial charge on any atom is 0.104 e. The molecule has 0 saturated carbocycles. The van der Waals surface area contributed by atoms with Gasteiger partial charge in [-0.3, -0.25) is 0 Å². The van der Waals surface area contributed by atoms with Crippen LogP contribution in [0.4, 0.5) is 0 Å². The van der Waals surface area contributed by atoms with Gasteiger partial charge in [0, 0.05) is 6.04 Å². The molecule has 2 aliphatic rings. The fourth-order valence-corrected chi connectivity index (χ4v) is 1.43. The molecule has 2 saturated heterocycles. The number of hydrogen-bond donors (Lipinski definition) is 1. The molecule has 18 heavy (non-hydrogen) atoms. The number of rotatable bonds is 11. The lowest BCUT2D eigenvalue weighted by Gasteiger charge is -2.18. The first-order valence-corrected chi connectivity index (χ1v) is 6.50. The predicted molar refractivity (Wildman–Crippen MR) is 64.5 cm³/mol. The Morgan fingerprint density at radius 3 is 2.28 bits per heavy atom. The van der Waals surface area contributed by atoms with Gasteiger partial charge in [-0.15, -0.1) is 0 Å². The van der Waals surface area contributed by atoms with E-state index in [4.69, 9.17) is 29.4 Å². The number of nitrogens with two attached hydrogens (primary N) is 1. The molecule has 2 rings (SSSR count). The Morgan fingerprint density at radius 2 is 1.67 bits per heavy atom. The lowest BCUT2D eigenvalue weighted by Crippen LogP contribution is -2.31. The van der Waals surface area contributed by atoms with Crippen LogP contribution in [0.15, 0.2) is 0 Å². The fourth-order valence-electron chi connectivity index (χ4n) is 1.43. The summed E-state index contributed by atoms with van der Waals surface area (Å²) in [6, 6.07) is 0.0400. The molecule has 6 heteroatoms. The molecule has 106 valence electrons. The van der Waals surface area contributed by atoms with E-state index in [-0.39, 0.29) is 24.4 Å². The van der Waals surface area contributed by atoms with Crippen LogP contribution in [0.3, 0.4) is 0 Å². The van der Waals surface area contributed by atoms with E-state index in [0.29, 0.717) is 33.0 Å². The van der Waals surface area contributed by atoms with Crippen LogP contribution in [0.5, 0.6) is 0 Å². The van der Waals surface area contributed by atoms with Crippen LogP contribution in [0.2, 0.25) is 0 Å². The minimum Gasteiger partial charge on any atom is -0.377 e. The average Bonchev–Trinajstić information content (AvgIpc) is 3.18. The van der Waals surface area contributed by atoms with Crippen LogP contribution in [-0.4, -0.2) is 70.6 Å². The van der Waals surface area contributed by atoms with E-state index in [1.165, 1.54) is 0 Å². The van der Waals surface area contributed by atoms with Crippen LogP contribution in [0.25, 0.3) is 0 Å². The third-order valence-corrected chi connectivity index (χ3v) is 2.61. The summed E-state index contributed by atoms with van der Waals surface area (Å²) >= 11 is 0. The molecule has 6 nitrogen and oxygen atoms in total. The second-order valence-corrected chi connectivity index (χ2v) is 4.92. The van der Waals surface area contributed by atoms with Crippen LogP contribution >= 0.6 is 0 Å². The molecular formula is C12H23NO5. The van der Waals surface area contributed by atoms with Crippen molar-refractivity contribution in [3.05, 3.63) is 0 Å². The number of ether oxygens (including phenoxy) is 5. The highest BCUT2D eigenvalue weighted by Crippen LogP contribution is 2.12. The molecule has 0 aromatic rings. The van der Waals surface area contributed by atoms with E-state index in [1.807, 2.05) is 6.92 Å². The molecule has 4 unspecified atom stereocenters. The zero-order valence-corrected chi connectivity index (χ0v) is 10.9. The standard InChI is InChI=1S/C12H23NO5/c1-9(13)2-14-3-10(16-7-12-8-18-12)4-15-5-11-6-17-11/h9-12H,2-8,13H2,1H3. The van der Waals surface area contributed by atoms with Gasteiger partial charge >= 0.3 is 0 Å². The SMILES string of the molecule is CC(N)COCC(COCC1CO1)OCC1CO1. The van der Waals surface area contributed by atoms with Crippen molar-refractivity contribution in [2.45, 2.75) is 31.3 Å². The van der Waals surface area contributed by atoms with Gasteiger partial charge in [0.2, 0.25) is 0 Å². The van der Waals surface area contributed by atoms with Crippen LogP contribution in [0.1, 0.15) is 6.92 Å². The Kier molecular flexibility index (Phi) is 5.81. The van der Waals surface area contributed by atoms with Crippen molar-refractivity contribution < 1.29 is 23.7 Å². The van der Waals surface area contributed by atoms with Gasteiger partial charge in [-0.05, 0) is 6.92 Å². The molecule has 0 spiro atoms. The molecule has 0 aromatic carbocycles. The van der Waals surface area contributed by atoms with Crippen molar-refractivity contribution in [2.75, 3.05) is 46.2 Å². The van der Waals surface area contributed by atoms with Gasteiger partial charge in [0.05, 0.1) is 46.2 Å². The van der Waals surface area contributed by atoms with Crippen LogP contribution in [-0.2, 0) is 23.7 Å². The summed E-state index contributed by atoms with van der Waals surface area (Å²) in [6.45, 7) is 6.31. The van der Waals surface area contributed by atoms with E-state index >= 15 is 0 Å². The van der Waals surface area contributed by atoms with Crippen molar-refractivity contribution >= 4 is 0 Å². The van der Waals surface area contributed by atoms with Crippen molar-refractivity contribution in [1.82, 2.24) is 0 Å². The maximum absolute atomic E-state index is 5.69. The second-order valence-electron chi connectivity index (χ2n) is 4.92. The molecule has 0 amide bonds. The van der Waals surface area contributed by atoms with Crippen molar-refractivity contribution in [2.24, 2.45) is 5.73 Å². The summed E-state index contributed by atoms with van der Waals surface area (Å²) in [5.74, 6) is 0. The molecule has 0 aliphatic carbocycles. The summed E-state index contributed by atoms with van der Waals surface area (Å²) in [4.78, 5) is 0. The van der Waals surface area contributed by atoms with Gasteiger partial charge < -0.3 is 29.4 Å². The first kappa shape index (κ1) is 14.2. The van der Waals surface area contributed by atoms with E-state index in [1.54, 1.807) is 0 Å². The highest BCUT2D eigenvalue weighted by Gasteiger charge is 2.26. The number of epoxide rings is 2. The molecule has 2 heterocycles. The van der Waals surface area contributed by atoms with Crippen LogP contribution < -0.4 is 5.73 Å². The van der Waals surface area contributed by atoms with Gasteiger partial charge in [-0.25, -0.2) is 0 Å². The molecule has 0 aromatic heterocycles. The lowest BCUT2D eigenvalue weighted by atomic mass is 10.3. The maximum atomic E-state index is 5.69. The quantitative estimate of drug-likeness (QED) is 0.508. The zero-order valence-electron chi connectivity index (χ0n) is 10.9. The van der Waals surface area contributed by atoms with Crippen LogP contribution in [0, 0.1) is 0 Å². The minimum absolute atomic E-state index is 0.0400. The summed E-state index contributed by atoms with van der Waals surface area (Å²) in [6.07, 6.45) is 0.474.